The van der Waals surface area contributed by atoms with Gasteiger partial charge in [0.15, 0.2) is 0 Å². The minimum atomic E-state index is -0.383. The molecule has 0 aliphatic rings. The Balaban J connectivity index is 1.78. The van der Waals surface area contributed by atoms with Gasteiger partial charge in [-0.15, -0.1) is 0 Å². The number of hydrogen-bond donors (Lipinski definition) is 2. The second-order valence-corrected chi connectivity index (χ2v) is 6.38. The molecule has 140 valence electrons. The third kappa shape index (κ3) is 3.03. The number of nitrogens with one attached hydrogen (secondary N) is 1. The van der Waals surface area contributed by atoms with E-state index in [0.29, 0.717) is 11.4 Å². The van der Waals surface area contributed by atoms with Crippen molar-refractivity contribution in [3.63, 3.8) is 0 Å². The Kier molecular flexibility index (Phi) is 4.41. The summed E-state index contributed by atoms with van der Waals surface area (Å²) in [7, 11) is 0. The maximum Gasteiger partial charge on any atom is 0.263 e. The number of amides is 1. The van der Waals surface area contributed by atoms with E-state index in [1.54, 1.807) is 12.1 Å². The van der Waals surface area contributed by atoms with Gasteiger partial charge in [-0.2, -0.15) is 5.10 Å². The average molecular weight is 373 g/mol. The number of hydrogen-bond acceptors (Lipinski definition) is 5. The zero-order valence-electron chi connectivity index (χ0n) is 15.5. The van der Waals surface area contributed by atoms with Gasteiger partial charge in [-0.1, -0.05) is 41.6 Å². The molecule has 0 saturated heterocycles. The Morgan fingerprint density at radius 2 is 1.68 bits per heavy atom. The monoisotopic (exact) mass is 373 g/mol. The summed E-state index contributed by atoms with van der Waals surface area (Å²) >= 11 is 0. The Hall–Kier alpha value is -3.87. The van der Waals surface area contributed by atoms with Gasteiger partial charge in [-0.3, -0.25) is 4.79 Å². The van der Waals surface area contributed by atoms with Crippen molar-refractivity contribution in [1.29, 1.82) is 0 Å². The first-order valence-corrected chi connectivity index (χ1v) is 8.80. The van der Waals surface area contributed by atoms with Gasteiger partial charge >= 0.3 is 0 Å². The lowest BCUT2D eigenvalue weighted by atomic mass is 10.0. The molecule has 0 aliphatic heterocycles. The smallest absolute Gasteiger partial charge is 0.263 e. The summed E-state index contributed by atoms with van der Waals surface area (Å²) in [6, 6.07) is 18.9. The van der Waals surface area contributed by atoms with Crippen molar-refractivity contribution < 1.29 is 9.32 Å². The molecule has 0 saturated carbocycles. The van der Waals surface area contributed by atoms with Crippen LogP contribution in [0.1, 0.15) is 21.7 Å². The van der Waals surface area contributed by atoms with Crippen LogP contribution < -0.4 is 11.1 Å². The van der Waals surface area contributed by atoms with Gasteiger partial charge in [0.2, 0.25) is 5.88 Å². The van der Waals surface area contributed by atoms with Gasteiger partial charge < -0.3 is 15.6 Å². The van der Waals surface area contributed by atoms with E-state index < -0.39 is 0 Å². The molecule has 7 nitrogen and oxygen atoms in total. The van der Waals surface area contributed by atoms with E-state index in [9.17, 15) is 4.79 Å². The largest absolute Gasteiger partial charge is 0.367 e. The highest BCUT2D eigenvalue weighted by Crippen LogP contribution is 2.33. The highest BCUT2D eigenvalue weighted by atomic mass is 16.5. The van der Waals surface area contributed by atoms with Crippen LogP contribution in [0.15, 0.2) is 65.2 Å². The van der Waals surface area contributed by atoms with E-state index in [1.807, 2.05) is 67.1 Å². The van der Waals surface area contributed by atoms with Gasteiger partial charge in [0.1, 0.15) is 11.3 Å². The zero-order chi connectivity index (χ0) is 19.7. The number of carbonyl (C=O) groups excluding carboxylic acids is 1. The molecule has 2 aromatic carbocycles. The SMILES string of the molecule is Cc1nn(-c2ccccc2)c(C)c1-c1noc(N)c1C(=O)Nc1ccccc1. The number of aryl methyl sites for hydroxylation is 1. The van der Waals surface area contributed by atoms with E-state index in [1.165, 1.54) is 0 Å². The van der Waals surface area contributed by atoms with E-state index in [2.05, 4.69) is 15.6 Å². The summed E-state index contributed by atoms with van der Waals surface area (Å²) in [5.74, 6) is -0.416. The highest BCUT2D eigenvalue weighted by Gasteiger charge is 2.27. The molecule has 0 atom stereocenters. The number of anilines is 2. The first-order chi connectivity index (χ1) is 13.6. The van der Waals surface area contributed by atoms with Gasteiger partial charge in [0, 0.05) is 11.3 Å². The van der Waals surface area contributed by atoms with Gasteiger partial charge in [-0.05, 0) is 38.1 Å². The van der Waals surface area contributed by atoms with Crippen LogP contribution >= 0.6 is 0 Å². The second kappa shape index (κ2) is 7.03. The van der Waals surface area contributed by atoms with Crippen LogP contribution in [0, 0.1) is 13.8 Å². The molecule has 0 fully saturated rings. The number of nitrogens with zero attached hydrogens (tertiary/aromatic N) is 3. The van der Waals surface area contributed by atoms with Crippen LogP contribution in [0.2, 0.25) is 0 Å². The van der Waals surface area contributed by atoms with Gasteiger partial charge in [-0.25, -0.2) is 4.68 Å². The highest BCUT2D eigenvalue weighted by molar-refractivity contribution is 6.11. The van der Waals surface area contributed by atoms with E-state index in [4.69, 9.17) is 10.3 Å². The second-order valence-electron chi connectivity index (χ2n) is 6.38. The lowest BCUT2D eigenvalue weighted by molar-refractivity contribution is 0.102. The quantitative estimate of drug-likeness (QED) is 0.564. The molecule has 4 aromatic rings. The van der Waals surface area contributed by atoms with Crippen LogP contribution in [0.3, 0.4) is 0 Å². The summed E-state index contributed by atoms with van der Waals surface area (Å²) in [6.07, 6.45) is 0. The molecule has 0 bridgehead atoms. The summed E-state index contributed by atoms with van der Waals surface area (Å²) < 4.78 is 6.98. The lowest BCUT2D eigenvalue weighted by Gasteiger charge is -2.06. The first-order valence-electron chi connectivity index (χ1n) is 8.80. The molecular weight excluding hydrogens is 354 g/mol. The number of carbonyl (C=O) groups is 1. The minimum Gasteiger partial charge on any atom is -0.367 e. The maximum atomic E-state index is 12.9. The summed E-state index contributed by atoms with van der Waals surface area (Å²) in [4.78, 5) is 12.9. The van der Waals surface area contributed by atoms with Crippen LogP contribution in [0.4, 0.5) is 11.6 Å². The van der Waals surface area contributed by atoms with Crippen LogP contribution in [-0.2, 0) is 0 Å². The summed E-state index contributed by atoms with van der Waals surface area (Å²) in [5, 5.41) is 11.5. The molecule has 0 spiro atoms. The van der Waals surface area contributed by atoms with Crippen LogP contribution in [-0.4, -0.2) is 20.8 Å². The fourth-order valence-corrected chi connectivity index (χ4v) is 3.21. The molecule has 2 aromatic heterocycles. The predicted molar refractivity (Wildman–Crippen MR) is 107 cm³/mol. The molecule has 28 heavy (non-hydrogen) atoms. The Morgan fingerprint density at radius 1 is 1.04 bits per heavy atom. The molecule has 0 radical (unpaired) electrons. The number of nitrogen functional groups attached to an aromatic ring is 1. The summed E-state index contributed by atoms with van der Waals surface area (Å²) in [5.41, 5.74) is 10.4. The van der Waals surface area contributed by atoms with Crippen molar-refractivity contribution in [3.05, 3.63) is 77.6 Å². The van der Waals surface area contributed by atoms with Gasteiger partial charge in [0.25, 0.3) is 5.91 Å². The molecule has 3 N–H and O–H groups in total. The number of rotatable bonds is 4. The predicted octanol–water partition coefficient (Wildman–Crippen LogP) is 3.98. The number of nitrogens with two attached hydrogens (primary N) is 1. The molecule has 0 aliphatic carbocycles. The molecule has 4 rings (SSSR count). The molecule has 0 unspecified atom stereocenters. The molecule has 2 heterocycles. The van der Waals surface area contributed by atoms with Crippen molar-refractivity contribution in [2.75, 3.05) is 11.1 Å². The zero-order valence-corrected chi connectivity index (χ0v) is 15.5. The third-order valence-corrected chi connectivity index (χ3v) is 4.51. The van der Waals surface area contributed by atoms with E-state index >= 15 is 0 Å². The van der Waals surface area contributed by atoms with Crippen LogP contribution in [0.25, 0.3) is 16.9 Å². The van der Waals surface area contributed by atoms with E-state index in [0.717, 1.165) is 22.6 Å². The van der Waals surface area contributed by atoms with Crippen LogP contribution in [0.5, 0.6) is 0 Å². The summed E-state index contributed by atoms with van der Waals surface area (Å²) in [6.45, 7) is 3.79. The van der Waals surface area contributed by atoms with Gasteiger partial charge in [0.05, 0.1) is 17.1 Å². The number of aromatic nitrogens is 3. The molecule has 7 heteroatoms. The Morgan fingerprint density at radius 3 is 2.36 bits per heavy atom. The standard InChI is InChI=1S/C21H19N5O2/c1-13-17(14(2)26(24-13)16-11-7-4-8-12-16)19-18(20(22)28-25-19)21(27)23-15-9-5-3-6-10-15/h3-12H,22H2,1-2H3,(H,23,27). The lowest BCUT2D eigenvalue weighted by Crippen LogP contribution is -2.14. The number of para-hydroxylation sites is 2. The Labute approximate surface area is 161 Å². The topological polar surface area (TPSA) is 99.0 Å². The average Bonchev–Trinajstić information content (AvgIpc) is 3.22. The fourth-order valence-electron chi connectivity index (χ4n) is 3.21. The van der Waals surface area contributed by atoms with Crippen molar-refractivity contribution in [3.8, 4) is 16.9 Å². The van der Waals surface area contributed by atoms with E-state index in [-0.39, 0.29) is 17.4 Å². The molecular formula is C21H19N5O2. The van der Waals surface area contributed by atoms with Crippen molar-refractivity contribution in [2.24, 2.45) is 0 Å². The maximum absolute atomic E-state index is 12.9. The van der Waals surface area contributed by atoms with Crippen molar-refractivity contribution in [1.82, 2.24) is 14.9 Å². The number of benzene rings is 2. The van der Waals surface area contributed by atoms with Crippen molar-refractivity contribution in [2.45, 2.75) is 13.8 Å². The molecule has 1 amide bonds. The van der Waals surface area contributed by atoms with Crippen molar-refractivity contribution >= 4 is 17.5 Å². The minimum absolute atomic E-state index is 0.0327. The third-order valence-electron chi connectivity index (χ3n) is 4.51. The first kappa shape index (κ1) is 17.5. The normalized spacial score (nSPS) is 10.8. The Bertz CT molecular complexity index is 1130. The fraction of sp³-hybridized carbons (Fsp3) is 0.0952.